The summed E-state index contributed by atoms with van der Waals surface area (Å²) in [5.74, 6) is 0. The van der Waals surface area contributed by atoms with Gasteiger partial charge in [0.25, 0.3) is 0 Å². The maximum atomic E-state index is 6.51. The first-order valence-electron chi connectivity index (χ1n) is 8.05. The van der Waals surface area contributed by atoms with Gasteiger partial charge in [0, 0.05) is 15.8 Å². The summed E-state index contributed by atoms with van der Waals surface area (Å²) in [6.07, 6.45) is -0.232. The van der Waals surface area contributed by atoms with Gasteiger partial charge in [-0.05, 0) is 29.1 Å². The quantitative estimate of drug-likeness (QED) is 0.389. The molecular weight excluding hydrogens is 350 g/mol. The van der Waals surface area contributed by atoms with Gasteiger partial charge in [0.2, 0.25) is 0 Å². The number of para-hydroxylation sites is 1. The molecule has 0 aliphatic carbocycles. The van der Waals surface area contributed by atoms with Crippen molar-refractivity contribution in [3.63, 3.8) is 0 Å². The van der Waals surface area contributed by atoms with Gasteiger partial charge in [-0.15, -0.1) is 11.3 Å². The highest BCUT2D eigenvalue weighted by molar-refractivity contribution is 7.10. The minimum absolute atomic E-state index is 0.232. The lowest BCUT2D eigenvalue weighted by molar-refractivity contribution is 0.0690. The van der Waals surface area contributed by atoms with Crippen molar-refractivity contribution in [1.29, 1.82) is 0 Å². The molecule has 4 heteroatoms. The molecule has 2 aromatic carbocycles. The predicted molar refractivity (Wildman–Crippen MR) is 104 cm³/mol. The lowest BCUT2D eigenvalue weighted by Gasteiger charge is -2.19. The van der Waals surface area contributed by atoms with Gasteiger partial charge in [-0.3, -0.25) is 0 Å². The van der Waals surface area contributed by atoms with Gasteiger partial charge >= 0.3 is 0 Å². The fraction of sp³-hybridized carbons (Fsp3) is 0.0952. The van der Waals surface area contributed by atoms with E-state index in [1.165, 1.54) is 0 Å². The molecule has 4 rings (SSSR count). The Balaban J connectivity index is 1.72. The van der Waals surface area contributed by atoms with Crippen molar-refractivity contribution in [1.82, 2.24) is 4.98 Å². The van der Waals surface area contributed by atoms with Gasteiger partial charge in [-0.25, -0.2) is 4.98 Å². The molecule has 0 saturated carbocycles. The van der Waals surface area contributed by atoms with Gasteiger partial charge in [0.15, 0.2) is 0 Å². The third-order valence-electron chi connectivity index (χ3n) is 4.05. The van der Waals surface area contributed by atoms with Crippen molar-refractivity contribution in [2.75, 3.05) is 0 Å². The average Bonchev–Trinajstić information content (AvgIpc) is 3.17. The highest BCUT2D eigenvalue weighted by Crippen LogP contribution is 2.35. The molecule has 0 amide bonds. The minimum atomic E-state index is -0.232. The molecule has 0 aliphatic rings. The van der Waals surface area contributed by atoms with Crippen molar-refractivity contribution < 1.29 is 4.74 Å². The Morgan fingerprint density at radius 1 is 0.960 bits per heavy atom. The first-order valence-corrected chi connectivity index (χ1v) is 9.31. The largest absolute Gasteiger partial charge is 0.363 e. The Morgan fingerprint density at radius 3 is 2.56 bits per heavy atom. The number of pyridine rings is 1. The standard InChI is InChI=1S/C21H16ClNOS/c22-21-17(13-16-9-4-5-10-18(16)23-21)20(19-11-6-12-25-19)24-14-15-7-2-1-3-8-15/h1-13,20H,14H2. The maximum absolute atomic E-state index is 6.51. The molecule has 4 aromatic rings. The number of aromatic nitrogens is 1. The van der Waals surface area contributed by atoms with Gasteiger partial charge in [-0.2, -0.15) is 0 Å². The van der Waals surface area contributed by atoms with Crippen molar-refractivity contribution in [3.8, 4) is 0 Å². The first-order chi connectivity index (χ1) is 12.3. The number of halogens is 1. The summed E-state index contributed by atoms with van der Waals surface area (Å²) in [5.41, 5.74) is 2.93. The van der Waals surface area contributed by atoms with Crippen LogP contribution in [0.5, 0.6) is 0 Å². The molecule has 0 spiro atoms. The zero-order valence-corrected chi connectivity index (χ0v) is 15.0. The summed E-state index contributed by atoms with van der Waals surface area (Å²) >= 11 is 8.17. The van der Waals surface area contributed by atoms with Crippen molar-refractivity contribution in [3.05, 3.63) is 99.3 Å². The Kier molecular flexibility index (Phi) is 4.79. The predicted octanol–water partition coefficient (Wildman–Crippen LogP) is 6.26. The monoisotopic (exact) mass is 365 g/mol. The van der Waals surface area contributed by atoms with E-state index in [1.54, 1.807) is 11.3 Å². The van der Waals surface area contributed by atoms with Gasteiger partial charge in [0.05, 0.1) is 12.1 Å². The van der Waals surface area contributed by atoms with E-state index in [-0.39, 0.29) is 6.10 Å². The Labute approximate surface area is 155 Å². The van der Waals surface area contributed by atoms with Crippen molar-refractivity contribution in [2.24, 2.45) is 0 Å². The summed E-state index contributed by atoms with van der Waals surface area (Å²) in [4.78, 5) is 5.67. The van der Waals surface area contributed by atoms with E-state index in [1.807, 2.05) is 48.5 Å². The van der Waals surface area contributed by atoms with Crippen LogP contribution in [0.3, 0.4) is 0 Å². The molecule has 0 saturated heterocycles. The topological polar surface area (TPSA) is 22.1 Å². The molecule has 0 N–H and O–H groups in total. The van der Waals surface area contributed by atoms with Gasteiger partial charge in [0.1, 0.15) is 11.3 Å². The Hall–Kier alpha value is -2.20. The number of rotatable bonds is 5. The molecule has 0 aliphatic heterocycles. The van der Waals surface area contributed by atoms with Crippen LogP contribution in [0.1, 0.15) is 22.1 Å². The maximum Gasteiger partial charge on any atom is 0.135 e. The highest BCUT2D eigenvalue weighted by Gasteiger charge is 2.20. The van der Waals surface area contributed by atoms with E-state index in [0.29, 0.717) is 11.8 Å². The summed E-state index contributed by atoms with van der Waals surface area (Å²) < 4.78 is 6.27. The zero-order valence-electron chi connectivity index (χ0n) is 13.4. The van der Waals surface area contributed by atoms with Crippen molar-refractivity contribution >= 4 is 33.8 Å². The van der Waals surface area contributed by atoms with E-state index < -0.39 is 0 Å². The van der Waals surface area contributed by atoms with E-state index in [9.17, 15) is 0 Å². The van der Waals surface area contributed by atoms with Crippen LogP contribution in [0.2, 0.25) is 5.15 Å². The summed E-state index contributed by atoms with van der Waals surface area (Å²) in [7, 11) is 0. The fourth-order valence-electron chi connectivity index (χ4n) is 2.81. The second-order valence-corrected chi connectivity index (χ2v) is 7.09. The van der Waals surface area contributed by atoms with Gasteiger partial charge < -0.3 is 4.74 Å². The number of fused-ring (bicyclic) bond motifs is 1. The molecule has 1 unspecified atom stereocenters. The highest BCUT2D eigenvalue weighted by atomic mass is 35.5. The van der Waals surface area contributed by atoms with Crippen LogP contribution in [0, 0.1) is 0 Å². The first kappa shape index (κ1) is 16.3. The summed E-state index contributed by atoms with van der Waals surface area (Å²) in [6, 6.07) is 24.3. The number of nitrogens with zero attached hydrogens (tertiary/aromatic N) is 1. The van der Waals surface area contributed by atoms with E-state index in [2.05, 4.69) is 34.6 Å². The third kappa shape index (κ3) is 3.59. The van der Waals surface area contributed by atoms with E-state index in [0.717, 1.165) is 26.9 Å². The average molecular weight is 366 g/mol. The van der Waals surface area contributed by atoms with E-state index >= 15 is 0 Å². The number of benzene rings is 2. The van der Waals surface area contributed by atoms with Crippen LogP contribution >= 0.6 is 22.9 Å². The molecule has 25 heavy (non-hydrogen) atoms. The zero-order chi connectivity index (χ0) is 17.1. The second-order valence-electron chi connectivity index (χ2n) is 5.75. The van der Waals surface area contributed by atoms with Crippen LogP contribution in [0.15, 0.2) is 78.2 Å². The number of thiophene rings is 1. The number of hydrogen-bond donors (Lipinski definition) is 0. The summed E-state index contributed by atoms with van der Waals surface area (Å²) in [6.45, 7) is 0.520. The molecule has 2 aromatic heterocycles. The third-order valence-corrected chi connectivity index (χ3v) is 5.27. The molecule has 0 radical (unpaired) electrons. The lowest BCUT2D eigenvalue weighted by atomic mass is 10.1. The number of hydrogen-bond acceptors (Lipinski definition) is 3. The molecule has 1 atom stereocenters. The van der Waals surface area contributed by atoms with E-state index in [4.69, 9.17) is 16.3 Å². The Morgan fingerprint density at radius 2 is 1.76 bits per heavy atom. The summed E-state index contributed by atoms with van der Waals surface area (Å²) in [5, 5.41) is 3.60. The molecule has 0 fully saturated rings. The van der Waals surface area contributed by atoms with Gasteiger partial charge in [-0.1, -0.05) is 66.2 Å². The smallest absolute Gasteiger partial charge is 0.135 e. The SMILES string of the molecule is Clc1nc2ccccc2cc1C(OCc1ccccc1)c1cccs1. The molecule has 2 heterocycles. The molecule has 124 valence electrons. The molecular formula is C21H16ClNOS. The normalized spacial score (nSPS) is 12.4. The van der Waals surface area contributed by atoms with Crippen molar-refractivity contribution in [2.45, 2.75) is 12.7 Å². The van der Waals surface area contributed by atoms with Crippen LogP contribution in [-0.4, -0.2) is 4.98 Å². The van der Waals surface area contributed by atoms with Crippen LogP contribution < -0.4 is 0 Å². The molecule has 2 nitrogen and oxygen atoms in total. The second kappa shape index (κ2) is 7.36. The minimum Gasteiger partial charge on any atom is -0.363 e. The van der Waals surface area contributed by atoms with Crippen LogP contribution in [0.25, 0.3) is 10.9 Å². The van der Waals surface area contributed by atoms with Crippen LogP contribution in [-0.2, 0) is 11.3 Å². The number of ether oxygens (including phenoxy) is 1. The lowest BCUT2D eigenvalue weighted by Crippen LogP contribution is -2.07. The fourth-order valence-corrected chi connectivity index (χ4v) is 3.85. The molecule has 0 bridgehead atoms. The van der Waals surface area contributed by atoms with Crippen LogP contribution in [0.4, 0.5) is 0 Å². The Bertz CT molecular complexity index is 970.